The number of aliphatic hydroxyl groups is 3. The monoisotopic (exact) mass is 796 g/mol. The van der Waals surface area contributed by atoms with E-state index in [4.69, 9.17) is 44.8 Å². The molecule has 0 radical (unpaired) electrons. The van der Waals surface area contributed by atoms with Gasteiger partial charge >= 0.3 is 0 Å². The molecule has 0 amide bonds. The molecule has 0 aliphatic carbocycles. The van der Waals surface area contributed by atoms with Gasteiger partial charge in [-0.2, -0.15) is 0 Å². The number of hydrogen-bond acceptors (Lipinski definition) is 10. The largest absolute Gasteiger partial charge is 0.491 e. The number of aliphatic hydroxyl groups excluding tert-OH is 3. The van der Waals surface area contributed by atoms with Gasteiger partial charge in [0.05, 0.1) is 25.7 Å². The fourth-order valence-corrected chi connectivity index (χ4v) is 5.75. The molecule has 0 bridgehead atoms. The van der Waals surface area contributed by atoms with E-state index in [1.54, 1.807) is 14.2 Å². The zero-order valence-electron chi connectivity index (χ0n) is 32.8. The van der Waals surface area contributed by atoms with E-state index in [1.807, 2.05) is 72.8 Å². The van der Waals surface area contributed by atoms with Gasteiger partial charge in [-0.15, -0.1) is 11.6 Å². The van der Waals surface area contributed by atoms with Crippen molar-refractivity contribution in [2.24, 2.45) is 0 Å². The van der Waals surface area contributed by atoms with Crippen LogP contribution >= 0.6 is 11.6 Å². The molecular weight excluding hydrogens is 736 g/mol. The Morgan fingerprint density at radius 2 is 0.821 bits per heavy atom. The molecule has 10 nitrogen and oxygen atoms in total. The summed E-state index contributed by atoms with van der Waals surface area (Å²) in [6.07, 6.45) is -1.68. The van der Waals surface area contributed by atoms with Gasteiger partial charge in [0, 0.05) is 25.0 Å². The first kappa shape index (κ1) is 46.5. The Morgan fingerprint density at radius 1 is 0.536 bits per heavy atom. The highest BCUT2D eigenvalue weighted by Gasteiger charge is 2.26. The topological polar surface area (TPSA) is 129 Å². The molecule has 1 aliphatic heterocycles. The van der Waals surface area contributed by atoms with Gasteiger partial charge in [-0.3, -0.25) is 0 Å². The molecule has 5 rings (SSSR count). The number of halogens is 1. The van der Waals surface area contributed by atoms with Crippen LogP contribution in [0.2, 0.25) is 0 Å². The van der Waals surface area contributed by atoms with Gasteiger partial charge in [0.1, 0.15) is 73.8 Å². The standard InChI is InChI=1S/C22H29ClO5.C22H28O5.CH4/c1-22(2,16-4-8-20(9-5-16)27-14-18(24)12-23)17-6-10-21(11-7-17)28-15-19(25)13-26-3;1-22(2,17-6-10-20(11-7-17)26-14-21-15-27-21)16-4-8-19(9-5-16)25-13-18(23)12-24-3;/h4-11,18-19,24-25H,12-15H2,1-3H3;4-11,18,21,23H,12-15H2,1-3H3;1H4. The van der Waals surface area contributed by atoms with Gasteiger partial charge in [-0.25, -0.2) is 0 Å². The molecule has 1 heterocycles. The third kappa shape index (κ3) is 14.6. The second-order valence-electron chi connectivity index (χ2n) is 14.6. The zero-order valence-corrected chi connectivity index (χ0v) is 33.5. The maximum absolute atomic E-state index is 9.67. The first-order valence-electron chi connectivity index (χ1n) is 18.5. The minimum absolute atomic E-state index is 0. The van der Waals surface area contributed by atoms with E-state index >= 15 is 0 Å². The minimum Gasteiger partial charge on any atom is -0.491 e. The lowest BCUT2D eigenvalue weighted by Gasteiger charge is -2.26. The highest BCUT2D eigenvalue weighted by Crippen LogP contribution is 2.35. The number of ether oxygens (including phenoxy) is 7. The summed E-state index contributed by atoms with van der Waals surface area (Å²) in [5.41, 5.74) is 4.33. The fourth-order valence-electron chi connectivity index (χ4n) is 5.66. The van der Waals surface area contributed by atoms with Crippen molar-refractivity contribution in [3.05, 3.63) is 119 Å². The van der Waals surface area contributed by atoms with Gasteiger partial charge in [0.25, 0.3) is 0 Å². The number of alkyl halides is 1. The number of methoxy groups -OCH3 is 2. The highest BCUT2D eigenvalue weighted by molar-refractivity contribution is 6.18. The van der Waals surface area contributed by atoms with E-state index < -0.39 is 18.3 Å². The van der Waals surface area contributed by atoms with Crippen LogP contribution in [0.3, 0.4) is 0 Å². The molecule has 4 aromatic carbocycles. The van der Waals surface area contributed by atoms with Crippen LogP contribution in [0.5, 0.6) is 23.0 Å². The van der Waals surface area contributed by atoms with Crippen molar-refractivity contribution >= 4 is 11.6 Å². The molecule has 56 heavy (non-hydrogen) atoms. The first-order chi connectivity index (χ1) is 26.3. The van der Waals surface area contributed by atoms with Crippen molar-refractivity contribution in [2.45, 2.75) is 70.4 Å². The maximum atomic E-state index is 9.67. The van der Waals surface area contributed by atoms with Crippen LogP contribution in [0.4, 0.5) is 0 Å². The fraction of sp³-hybridized carbons (Fsp3) is 0.467. The predicted molar refractivity (Wildman–Crippen MR) is 221 cm³/mol. The summed E-state index contributed by atoms with van der Waals surface area (Å²) in [4.78, 5) is 0. The summed E-state index contributed by atoms with van der Waals surface area (Å²) in [5.74, 6) is 3.15. The molecule has 4 unspecified atom stereocenters. The van der Waals surface area contributed by atoms with E-state index in [0.29, 0.717) is 18.1 Å². The lowest BCUT2D eigenvalue weighted by molar-refractivity contribution is 0.0325. The molecular formula is C45H61ClO10. The number of epoxide rings is 1. The maximum Gasteiger partial charge on any atom is 0.119 e. The van der Waals surface area contributed by atoms with Gasteiger partial charge in [-0.05, 0) is 70.8 Å². The number of benzene rings is 4. The molecule has 1 fully saturated rings. The number of hydrogen-bond donors (Lipinski definition) is 3. The third-order valence-corrected chi connectivity index (χ3v) is 9.72. The molecule has 3 N–H and O–H groups in total. The highest BCUT2D eigenvalue weighted by atomic mass is 35.5. The first-order valence-corrected chi connectivity index (χ1v) is 19.0. The lowest BCUT2D eigenvalue weighted by Crippen LogP contribution is -2.22. The Bertz CT molecular complexity index is 1660. The summed E-state index contributed by atoms with van der Waals surface area (Å²) in [7, 11) is 3.10. The van der Waals surface area contributed by atoms with Crippen LogP contribution in [0, 0.1) is 0 Å². The summed E-state index contributed by atoms with van der Waals surface area (Å²) < 4.78 is 37.4. The van der Waals surface area contributed by atoms with Gasteiger partial charge in [-0.1, -0.05) is 83.7 Å². The van der Waals surface area contributed by atoms with Crippen molar-refractivity contribution in [3.8, 4) is 23.0 Å². The third-order valence-electron chi connectivity index (χ3n) is 9.37. The van der Waals surface area contributed by atoms with Crippen molar-refractivity contribution < 1.29 is 48.5 Å². The average molecular weight is 797 g/mol. The zero-order chi connectivity index (χ0) is 39.8. The summed E-state index contributed by atoms with van der Waals surface area (Å²) >= 11 is 5.57. The molecule has 4 atom stereocenters. The molecule has 0 saturated carbocycles. The molecule has 308 valence electrons. The van der Waals surface area contributed by atoms with Crippen molar-refractivity contribution in [3.63, 3.8) is 0 Å². The Labute approximate surface area is 338 Å². The van der Waals surface area contributed by atoms with Crippen molar-refractivity contribution in [2.75, 3.05) is 66.3 Å². The summed E-state index contributed by atoms with van der Waals surface area (Å²) in [6, 6.07) is 31.9. The molecule has 11 heteroatoms. The molecule has 0 spiro atoms. The number of rotatable bonds is 21. The van der Waals surface area contributed by atoms with Crippen LogP contribution in [0.1, 0.15) is 57.4 Å². The minimum atomic E-state index is -0.672. The average Bonchev–Trinajstić information content (AvgIpc) is 4.03. The lowest BCUT2D eigenvalue weighted by atomic mass is 9.78. The van der Waals surface area contributed by atoms with Crippen molar-refractivity contribution in [1.82, 2.24) is 0 Å². The predicted octanol–water partition coefficient (Wildman–Crippen LogP) is 7.19. The molecule has 1 saturated heterocycles. The molecule has 0 aromatic heterocycles. The molecule has 4 aromatic rings. The van der Waals surface area contributed by atoms with Crippen molar-refractivity contribution in [1.29, 1.82) is 0 Å². The summed E-state index contributed by atoms with van der Waals surface area (Å²) in [6.45, 7) is 11.2. The van der Waals surface area contributed by atoms with Gasteiger partial charge in [0.15, 0.2) is 0 Å². The van der Waals surface area contributed by atoms with E-state index in [0.717, 1.165) is 29.2 Å². The van der Waals surface area contributed by atoms with Gasteiger partial charge < -0.3 is 48.5 Å². The Balaban J connectivity index is 0.000000295. The second kappa shape index (κ2) is 22.8. The van der Waals surface area contributed by atoms with Crippen LogP contribution in [0.25, 0.3) is 0 Å². The van der Waals surface area contributed by atoms with Crippen LogP contribution in [-0.4, -0.2) is 106 Å². The van der Waals surface area contributed by atoms with Crippen LogP contribution < -0.4 is 18.9 Å². The van der Waals surface area contributed by atoms with E-state index in [1.165, 1.54) is 11.1 Å². The Hall–Kier alpha value is -3.87. The van der Waals surface area contributed by atoms with Crippen LogP contribution in [0.15, 0.2) is 97.1 Å². The van der Waals surface area contributed by atoms with Crippen LogP contribution in [-0.2, 0) is 25.0 Å². The Morgan fingerprint density at radius 3 is 1.09 bits per heavy atom. The van der Waals surface area contributed by atoms with Gasteiger partial charge in [0.2, 0.25) is 0 Å². The quantitative estimate of drug-likeness (QED) is 0.0589. The molecule has 1 aliphatic rings. The smallest absolute Gasteiger partial charge is 0.119 e. The summed E-state index contributed by atoms with van der Waals surface area (Å²) in [5, 5.41) is 28.8. The SMILES string of the molecule is C.COCC(O)COc1ccc(C(C)(C)c2ccc(OCC(O)CCl)cc2)cc1.COCC(O)COc1ccc(C(C)(C)c2ccc(OCC3CO3)cc2)cc1. The van der Waals surface area contributed by atoms with E-state index in [-0.39, 0.29) is 63.3 Å². The second-order valence-corrected chi connectivity index (χ2v) is 14.9. The Kier molecular flexibility index (Phi) is 18.9. The van der Waals surface area contributed by atoms with E-state index in [2.05, 4.69) is 52.0 Å². The van der Waals surface area contributed by atoms with E-state index in [9.17, 15) is 15.3 Å². The normalized spacial score (nSPS) is 15.3.